The molecule has 0 saturated heterocycles. The van der Waals surface area contributed by atoms with Crippen LogP contribution < -0.4 is 10.2 Å². The standard InChI is InChI=1S/C12H17ClN2/c1-8-6-7-14-11-5-4-10(13)9(2)12(11)15(8)3/h4-5,8,14H,6-7H2,1-3H3. The summed E-state index contributed by atoms with van der Waals surface area (Å²) in [6, 6.07) is 4.59. The van der Waals surface area contributed by atoms with E-state index in [2.05, 4.69) is 37.2 Å². The third-order valence-electron chi connectivity index (χ3n) is 3.26. The molecule has 0 radical (unpaired) electrons. The number of nitrogens with zero attached hydrogens (tertiary/aromatic N) is 1. The van der Waals surface area contributed by atoms with Gasteiger partial charge in [-0.25, -0.2) is 0 Å². The van der Waals surface area contributed by atoms with Crippen molar-refractivity contribution in [3.05, 3.63) is 22.7 Å². The van der Waals surface area contributed by atoms with Gasteiger partial charge in [-0.1, -0.05) is 11.6 Å². The van der Waals surface area contributed by atoms with Crippen LogP contribution >= 0.6 is 11.6 Å². The van der Waals surface area contributed by atoms with E-state index in [0.29, 0.717) is 6.04 Å². The lowest BCUT2D eigenvalue weighted by Gasteiger charge is -2.27. The third kappa shape index (κ3) is 1.78. The van der Waals surface area contributed by atoms with Gasteiger partial charge >= 0.3 is 0 Å². The maximum Gasteiger partial charge on any atom is 0.0646 e. The van der Waals surface area contributed by atoms with Crippen molar-refractivity contribution in [1.82, 2.24) is 0 Å². The number of fused-ring (bicyclic) bond motifs is 1. The van der Waals surface area contributed by atoms with Crippen LogP contribution in [0, 0.1) is 6.92 Å². The molecule has 2 rings (SSSR count). The normalized spacial score (nSPS) is 20.5. The SMILES string of the molecule is Cc1c(Cl)ccc2c1N(C)C(C)CCN2. The summed E-state index contributed by atoms with van der Waals surface area (Å²) in [4.78, 5) is 2.32. The lowest BCUT2D eigenvalue weighted by Crippen LogP contribution is -2.28. The Morgan fingerprint density at radius 2 is 2.20 bits per heavy atom. The summed E-state index contributed by atoms with van der Waals surface area (Å²) in [5.74, 6) is 0. The summed E-state index contributed by atoms with van der Waals surface area (Å²) in [7, 11) is 2.14. The molecular weight excluding hydrogens is 208 g/mol. The van der Waals surface area contributed by atoms with Gasteiger partial charge in [0.2, 0.25) is 0 Å². The van der Waals surface area contributed by atoms with Crippen LogP contribution in [0.5, 0.6) is 0 Å². The number of benzene rings is 1. The Bertz CT molecular complexity index is 376. The second kappa shape index (κ2) is 3.93. The van der Waals surface area contributed by atoms with Crippen molar-refractivity contribution in [2.45, 2.75) is 26.3 Å². The first-order valence-corrected chi connectivity index (χ1v) is 5.75. The predicted molar refractivity (Wildman–Crippen MR) is 67.2 cm³/mol. The Balaban J connectivity index is 2.55. The number of rotatable bonds is 0. The van der Waals surface area contributed by atoms with Gasteiger partial charge < -0.3 is 10.2 Å². The zero-order valence-electron chi connectivity index (χ0n) is 9.47. The quantitative estimate of drug-likeness (QED) is 0.728. The molecule has 1 atom stereocenters. The summed E-state index contributed by atoms with van der Waals surface area (Å²) < 4.78 is 0. The number of hydrogen-bond acceptors (Lipinski definition) is 2. The molecule has 0 aromatic heterocycles. The van der Waals surface area contributed by atoms with Gasteiger partial charge in [0.25, 0.3) is 0 Å². The first-order valence-electron chi connectivity index (χ1n) is 5.37. The average molecular weight is 225 g/mol. The molecule has 1 aliphatic heterocycles. The molecule has 2 nitrogen and oxygen atoms in total. The Morgan fingerprint density at radius 1 is 1.47 bits per heavy atom. The Labute approximate surface area is 96.2 Å². The number of anilines is 2. The van der Waals surface area contributed by atoms with Gasteiger partial charge in [-0.05, 0) is 38.0 Å². The molecule has 0 spiro atoms. The van der Waals surface area contributed by atoms with E-state index >= 15 is 0 Å². The zero-order valence-corrected chi connectivity index (χ0v) is 10.2. The first-order chi connectivity index (χ1) is 7.11. The molecule has 15 heavy (non-hydrogen) atoms. The Kier molecular flexibility index (Phi) is 2.79. The minimum absolute atomic E-state index is 0.552. The molecule has 1 aromatic rings. The van der Waals surface area contributed by atoms with E-state index in [0.717, 1.165) is 23.6 Å². The molecule has 1 unspecified atom stereocenters. The minimum atomic E-state index is 0.552. The maximum atomic E-state index is 6.16. The smallest absolute Gasteiger partial charge is 0.0646 e. The number of hydrogen-bond donors (Lipinski definition) is 1. The van der Waals surface area contributed by atoms with Crippen LogP contribution in [0.2, 0.25) is 5.02 Å². The van der Waals surface area contributed by atoms with E-state index in [1.807, 2.05) is 6.07 Å². The Morgan fingerprint density at radius 3 is 2.93 bits per heavy atom. The highest BCUT2D eigenvalue weighted by Crippen LogP contribution is 2.36. The third-order valence-corrected chi connectivity index (χ3v) is 3.67. The van der Waals surface area contributed by atoms with E-state index in [9.17, 15) is 0 Å². The number of nitrogens with one attached hydrogen (secondary N) is 1. The fraction of sp³-hybridized carbons (Fsp3) is 0.500. The first kappa shape index (κ1) is 10.6. The summed E-state index contributed by atoms with van der Waals surface area (Å²) in [6.45, 7) is 5.36. The lowest BCUT2D eigenvalue weighted by molar-refractivity contribution is 0.656. The topological polar surface area (TPSA) is 15.3 Å². The Hall–Kier alpha value is -0.890. The highest BCUT2D eigenvalue weighted by atomic mass is 35.5. The summed E-state index contributed by atoms with van der Waals surface area (Å²) in [5, 5.41) is 4.30. The largest absolute Gasteiger partial charge is 0.383 e. The van der Waals surface area contributed by atoms with Crippen LogP contribution in [0.4, 0.5) is 11.4 Å². The van der Waals surface area contributed by atoms with Crippen molar-refractivity contribution < 1.29 is 0 Å². The molecule has 1 N–H and O–H groups in total. The molecule has 3 heteroatoms. The van der Waals surface area contributed by atoms with Gasteiger partial charge in [0, 0.05) is 24.7 Å². The fourth-order valence-corrected chi connectivity index (χ4v) is 2.25. The predicted octanol–water partition coefficient (Wildman–Crippen LogP) is 3.29. The van der Waals surface area contributed by atoms with Crippen molar-refractivity contribution in [1.29, 1.82) is 0 Å². The van der Waals surface area contributed by atoms with E-state index in [4.69, 9.17) is 11.6 Å². The van der Waals surface area contributed by atoms with Gasteiger partial charge in [-0.2, -0.15) is 0 Å². The van der Waals surface area contributed by atoms with E-state index in [1.165, 1.54) is 11.4 Å². The molecule has 0 fully saturated rings. The highest BCUT2D eigenvalue weighted by molar-refractivity contribution is 6.32. The van der Waals surface area contributed by atoms with Crippen LogP contribution in [0.3, 0.4) is 0 Å². The van der Waals surface area contributed by atoms with Crippen molar-refractivity contribution >= 4 is 23.0 Å². The van der Waals surface area contributed by atoms with E-state index in [1.54, 1.807) is 0 Å². The summed E-state index contributed by atoms with van der Waals surface area (Å²) in [6.07, 6.45) is 1.15. The second-order valence-electron chi connectivity index (χ2n) is 4.24. The molecule has 0 bridgehead atoms. The van der Waals surface area contributed by atoms with Gasteiger partial charge in [-0.3, -0.25) is 0 Å². The van der Waals surface area contributed by atoms with Gasteiger partial charge in [-0.15, -0.1) is 0 Å². The van der Waals surface area contributed by atoms with Crippen LogP contribution in [-0.2, 0) is 0 Å². The van der Waals surface area contributed by atoms with Crippen LogP contribution in [0.15, 0.2) is 12.1 Å². The summed E-state index contributed by atoms with van der Waals surface area (Å²) >= 11 is 6.16. The molecule has 0 aliphatic carbocycles. The van der Waals surface area contributed by atoms with Gasteiger partial charge in [0.1, 0.15) is 0 Å². The number of halogens is 1. The molecule has 82 valence electrons. The van der Waals surface area contributed by atoms with Crippen molar-refractivity contribution in [2.24, 2.45) is 0 Å². The van der Waals surface area contributed by atoms with Crippen LogP contribution in [0.25, 0.3) is 0 Å². The molecule has 1 heterocycles. The molecular formula is C12H17ClN2. The van der Waals surface area contributed by atoms with E-state index in [-0.39, 0.29) is 0 Å². The molecule has 0 saturated carbocycles. The molecule has 1 aliphatic rings. The maximum absolute atomic E-state index is 6.16. The zero-order chi connectivity index (χ0) is 11.0. The van der Waals surface area contributed by atoms with Crippen molar-refractivity contribution in [3.8, 4) is 0 Å². The highest BCUT2D eigenvalue weighted by Gasteiger charge is 2.20. The molecule has 0 amide bonds. The van der Waals surface area contributed by atoms with Gasteiger partial charge in [0.05, 0.1) is 11.4 Å². The van der Waals surface area contributed by atoms with Crippen molar-refractivity contribution in [3.63, 3.8) is 0 Å². The average Bonchev–Trinajstić information content (AvgIpc) is 2.35. The van der Waals surface area contributed by atoms with Crippen LogP contribution in [-0.4, -0.2) is 19.6 Å². The van der Waals surface area contributed by atoms with Crippen LogP contribution in [0.1, 0.15) is 18.9 Å². The summed E-state index contributed by atoms with van der Waals surface area (Å²) in [5.41, 5.74) is 3.61. The van der Waals surface area contributed by atoms with E-state index < -0.39 is 0 Å². The minimum Gasteiger partial charge on any atom is -0.383 e. The lowest BCUT2D eigenvalue weighted by atomic mass is 10.1. The van der Waals surface area contributed by atoms with Gasteiger partial charge in [0.15, 0.2) is 0 Å². The monoisotopic (exact) mass is 224 g/mol. The molecule has 1 aromatic carbocycles. The van der Waals surface area contributed by atoms with Crippen molar-refractivity contribution in [2.75, 3.05) is 23.8 Å². The second-order valence-corrected chi connectivity index (χ2v) is 4.65. The fourth-order valence-electron chi connectivity index (χ4n) is 2.10.